The summed E-state index contributed by atoms with van der Waals surface area (Å²) in [5.74, 6) is -0.371. The van der Waals surface area contributed by atoms with E-state index < -0.39 is 5.91 Å². The van der Waals surface area contributed by atoms with Crippen LogP contribution in [0.25, 0.3) is 17.0 Å². The molecule has 6 heteroatoms. The van der Waals surface area contributed by atoms with Gasteiger partial charge in [0.15, 0.2) is 0 Å². The molecule has 0 radical (unpaired) electrons. The van der Waals surface area contributed by atoms with Crippen LogP contribution in [0, 0.1) is 11.3 Å². The van der Waals surface area contributed by atoms with Crippen LogP contribution in [0.2, 0.25) is 0 Å². The third-order valence-corrected chi connectivity index (χ3v) is 3.49. The number of phenols is 2. The van der Waals surface area contributed by atoms with Gasteiger partial charge >= 0.3 is 0 Å². The van der Waals surface area contributed by atoms with Gasteiger partial charge in [-0.3, -0.25) is 4.79 Å². The van der Waals surface area contributed by atoms with Crippen LogP contribution in [0.4, 0.5) is 5.69 Å². The summed E-state index contributed by atoms with van der Waals surface area (Å²) in [6.07, 6.45) is 3.11. The molecular formula is C18H13N3O3. The average Bonchev–Trinajstić information content (AvgIpc) is 2.96. The van der Waals surface area contributed by atoms with Crippen LogP contribution < -0.4 is 5.32 Å². The lowest BCUT2D eigenvalue weighted by atomic mass is 10.1. The van der Waals surface area contributed by atoms with E-state index in [2.05, 4.69) is 10.3 Å². The minimum Gasteiger partial charge on any atom is -0.508 e. The van der Waals surface area contributed by atoms with E-state index in [1.165, 1.54) is 30.3 Å². The Bertz CT molecular complexity index is 979. The van der Waals surface area contributed by atoms with E-state index in [1.54, 1.807) is 24.4 Å². The molecule has 3 aromatic rings. The fraction of sp³-hybridized carbons (Fsp3) is 0. The largest absolute Gasteiger partial charge is 0.508 e. The van der Waals surface area contributed by atoms with E-state index in [4.69, 9.17) is 0 Å². The van der Waals surface area contributed by atoms with Gasteiger partial charge in [-0.15, -0.1) is 0 Å². The molecule has 0 saturated carbocycles. The van der Waals surface area contributed by atoms with E-state index in [-0.39, 0.29) is 17.1 Å². The third kappa shape index (κ3) is 3.05. The van der Waals surface area contributed by atoms with E-state index in [0.29, 0.717) is 16.6 Å². The molecule has 0 unspecified atom stereocenters. The first-order valence-corrected chi connectivity index (χ1v) is 7.09. The average molecular weight is 319 g/mol. The molecule has 6 nitrogen and oxygen atoms in total. The summed E-state index contributed by atoms with van der Waals surface area (Å²) < 4.78 is 0. The number of hydrogen-bond donors (Lipinski definition) is 4. The van der Waals surface area contributed by atoms with E-state index in [1.807, 2.05) is 6.07 Å². The van der Waals surface area contributed by atoms with Crippen molar-refractivity contribution < 1.29 is 15.0 Å². The van der Waals surface area contributed by atoms with Gasteiger partial charge in [-0.1, -0.05) is 0 Å². The van der Waals surface area contributed by atoms with Gasteiger partial charge in [-0.25, -0.2) is 0 Å². The van der Waals surface area contributed by atoms with Crippen molar-refractivity contribution in [3.05, 3.63) is 59.8 Å². The summed E-state index contributed by atoms with van der Waals surface area (Å²) >= 11 is 0. The van der Waals surface area contributed by atoms with Gasteiger partial charge in [0.25, 0.3) is 5.91 Å². The van der Waals surface area contributed by atoms with E-state index in [9.17, 15) is 20.3 Å². The Balaban J connectivity index is 1.90. The number of H-pyrrole nitrogens is 1. The standard InChI is InChI=1S/C18H13N3O3/c19-9-11(18(24)21-13-1-3-14(22)4-2-13)7-12-10-20-17-6-5-15(23)8-16(12)17/h1-8,10,20,22-23H,(H,21,24). The highest BCUT2D eigenvalue weighted by Crippen LogP contribution is 2.25. The van der Waals surface area contributed by atoms with Crippen LogP contribution in [0.15, 0.2) is 54.2 Å². The number of rotatable bonds is 3. The third-order valence-electron chi connectivity index (χ3n) is 3.49. The molecule has 0 saturated heterocycles. The zero-order valence-electron chi connectivity index (χ0n) is 12.4. The fourth-order valence-electron chi connectivity index (χ4n) is 2.30. The SMILES string of the molecule is N#CC(=Cc1c[nH]c2ccc(O)cc12)C(=O)Nc1ccc(O)cc1. The number of amides is 1. The Morgan fingerprint density at radius 1 is 1.12 bits per heavy atom. The molecule has 0 aliphatic carbocycles. The zero-order valence-corrected chi connectivity index (χ0v) is 12.4. The number of hydrogen-bond acceptors (Lipinski definition) is 4. The molecule has 4 N–H and O–H groups in total. The molecule has 1 heterocycles. The molecule has 0 fully saturated rings. The Morgan fingerprint density at radius 2 is 1.83 bits per heavy atom. The van der Waals surface area contributed by atoms with E-state index in [0.717, 1.165) is 5.52 Å². The van der Waals surface area contributed by atoms with Crippen LogP contribution in [0.1, 0.15) is 5.56 Å². The molecule has 0 aliphatic heterocycles. The van der Waals surface area contributed by atoms with Crippen LogP contribution >= 0.6 is 0 Å². The zero-order chi connectivity index (χ0) is 17.1. The van der Waals surface area contributed by atoms with Crippen LogP contribution in [-0.2, 0) is 4.79 Å². The number of aromatic hydroxyl groups is 2. The number of nitrogens with zero attached hydrogens (tertiary/aromatic N) is 1. The smallest absolute Gasteiger partial charge is 0.266 e. The quantitative estimate of drug-likeness (QED) is 0.338. The van der Waals surface area contributed by atoms with Crippen molar-refractivity contribution in [1.82, 2.24) is 4.98 Å². The number of nitrogens with one attached hydrogen (secondary N) is 2. The number of aromatic amines is 1. The number of fused-ring (bicyclic) bond motifs is 1. The number of aromatic nitrogens is 1. The van der Waals surface area contributed by atoms with Crippen molar-refractivity contribution in [2.24, 2.45) is 0 Å². The maximum Gasteiger partial charge on any atom is 0.266 e. The topological polar surface area (TPSA) is 109 Å². The van der Waals surface area contributed by atoms with Crippen molar-refractivity contribution in [3.63, 3.8) is 0 Å². The van der Waals surface area contributed by atoms with Gasteiger partial charge < -0.3 is 20.5 Å². The lowest BCUT2D eigenvalue weighted by molar-refractivity contribution is -0.112. The van der Waals surface area contributed by atoms with Gasteiger partial charge in [0.1, 0.15) is 23.1 Å². The van der Waals surface area contributed by atoms with E-state index >= 15 is 0 Å². The molecule has 24 heavy (non-hydrogen) atoms. The summed E-state index contributed by atoms with van der Waals surface area (Å²) in [4.78, 5) is 15.2. The van der Waals surface area contributed by atoms with Gasteiger partial charge in [-0.05, 0) is 48.5 Å². The Hall–Kier alpha value is -3.72. The number of anilines is 1. The molecule has 0 aliphatic rings. The van der Waals surface area contributed by atoms with Gasteiger partial charge in [0.05, 0.1) is 0 Å². The molecule has 2 aromatic carbocycles. The number of benzene rings is 2. The molecule has 3 rings (SSSR count). The second-order valence-electron chi connectivity index (χ2n) is 5.14. The second-order valence-corrected chi connectivity index (χ2v) is 5.14. The molecule has 1 amide bonds. The monoisotopic (exact) mass is 319 g/mol. The summed E-state index contributed by atoms with van der Waals surface area (Å²) in [6, 6.07) is 12.6. The van der Waals surface area contributed by atoms with Gasteiger partial charge in [0, 0.05) is 28.4 Å². The van der Waals surface area contributed by atoms with Crippen LogP contribution in [0.3, 0.4) is 0 Å². The highest BCUT2D eigenvalue weighted by molar-refractivity contribution is 6.10. The van der Waals surface area contributed by atoms with Crippen molar-refractivity contribution in [2.75, 3.05) is 5.32 Å². The predicted octanol–water partition coefficient (Wildman–Crippen LogP) is 3.12. The summed E-state index contributed by atoms with van der Waals surface area (Å²) in [5.41, 5.74) is 1.80. The van der Waals surface area contributed by atoms with Crippen molar-refractivity contribution in [2.45, 2.75) is 0 Å². The first-order valence-electron chi connectivity index (χ1n) is 7.09. The molecular weight excluding hydrogens is 306 g/mol. The van der Waals surface area contributed by atoms with Crippen molar-refractivity contribution >= 4 is 28.6 Å². The summed E-state index contributed by atoms with van der Waals surface area (Å²) in [7, 11) is 0. The number of phenolic OH excluding ortho intramolecular Hbond substituents is 2. The van der Waals surface area contributed by atoms with Gasteiger partial charge in [0.2, 0.25) is 0 Å². The Morgan fingerprint density at radius 3 is 2.54 bits per heavy atom. The highest BCUT2D eigenvalue weighted by atomic mass is 16.3. The van der Waals surface area contributed by atoms with Crippen molar-refractivity contribution in [1.29, 1.82) is 5.26 Å². The molecule has 118 valence electrons. The van der Waals surface area contributed by atoms with Crippen LogP contribution in [0.5, 0.6) is 11.5 Å². The molecule has 0 atom stereocenters. The lowest BCUT2D eigenvalue weighted by Gasteiger charge is -2.04. The fourth-order valence-corrected chi connectivity index (χ4v) is 2.30. The molecule has 1 aromatic heterocycles. The number of carbonyl (C=O) groups is 1. The normalized spacial score (nSPS) is 11.2. The first kappa shape index (κ1) is 15.2. The first-order chi connectivity index (χ1) is 11.6. The minimum absolute atomic E-state index is 0.0766. The van der Waals surface area contributed by atoms with Gasteiger partial charge in [-0.2, -0.15) is 5.26 Å². The number of nitriles is 1. The maximum absolute atomic E-state index is 12.2. The Kier molecular flexibility index (Phi) is 3.91. The maximum atomic E-state index is 12.2. The Labute approximate surface area is 137 Å². The van der Waals surface area contributed by atoms with Crippen LogP contribution in [-0.4, -0.2) is 21.1 Å². The lowest BCUT2D eigenvalue weighted by Crippen LogP contribution is -2.13. The number of carbonyl (C=O) groups excluding carboxylic acids is 1. The summed E-state index contributed by atoms with van der Waals surface area (Å²) in [5, 5.41) is 31.4. The molecule has 0 spiro atoms. The second kappa shape index (κ2) is 6.18. The molecule has 0 bridgehead atoms. The van der Waals surface area contributed by atoms with Crippen molar-refractivity contribution in [3.8, 4) is 17.6 Å². The summed E-state index contributed by atoms with van der Waals surface area (Å²) in [6.45, 7) is 0. The minimum atomic E-state index is -0.558. The predicted molar refractivity (Wildman–Crippen MR) is 90.3 cm³/mol. The highest BCUT2D eigenvalue weighted by Gasteiger charge is 2.11.